The number of hydrogen-bond acceptors (Lipinski definition) is 5. The van der Waals surface area contributed by atoms with Crippen molar-refractivity contribution in [3.8, 4) is 0 Å². The predicted molar refractivity (Wildman–Crippen MR) is 125 cm³/mol. The molecule has 1 fully saturated rings. The van der Waals surface area contributed by atoms with E-state index in [1.165, 1.54) is 23.9 Å². The lowest BCUT2D eigenvalue weighted by Gasteiger charge is -2.33. The monoisotopic (exact) mass is 473 g/mol. The number of thioether (sulfide) groups is 1. The average Bonchev–Trinajstić information content (AvgIpc) is 2.77. The molecule has 7 nitrogen and oxygen atoms in total. The van der Waals surface area contributed by atoms with Gasteiger partial charge in [0.25, 0.3) is 0 Å². The number of aryl methyl sites for hydroxylation is 1. The molecule has 2 aliphatic rings. The lowest BCUT2D eigenvalue weighted by atomic mass is 9.99. The van der Waals surface area contributed by atoms with Crippen LogP contribution < -0.4 is 10.0 Å². The first-order valence-electron chi connectivity index (χ1n) is 10.7. The van der Waals surface area contributed by atoms with Gasteiger partial charge in [0, 0.05) is 24.5 Å². The number of piperidine rings is 1. The maximum absolute atomic E-state index is 12.9. The Morgan fingerprint density at radius 2 is 1.94 bits per heavy atom. The molecule has 170 valence electrons. The molecule has 32 heavy (non-hydrogen) atoms. The summed E-state index contributed by atoms with van der Waals surface area (Å²) in [4.78, 5) is 28.1. The number of sulfonamides is 1. The van der Waals surface area contributed by atoms with Crippen LogP contribution in [0.2, 0.25) is 0 Å². The first kappa shape index (κ1) is 22.8. The lowest BCUT2D eigenvalue weighted by molar-refractivity contribution is -0.135. The third kappa shape index (κ3) is 5.00. The van der Waals surface area contributed by atoms with Crippen molar-refractivity contribution in [1.82, 2.24) is 9.62 Å². The van der Waals surface area contributed by atoms with Crippen LogP contribution in [0.1, 0.15) is 30.9 Å². The zero-order valence-corrected chi connectivity index (χ0v) is 19.8. The minimum absolute atomic E-state index is 0.0691. The van der Waals surface area contributed by atoms with E-state index in [0.717, 1.165) is 24.0 Å². The molecule has 1 saturated heterocycles. The van der Waals surface area contributed by atoms with Crippen LogP contribution in [0.5, 0.6) is 0 Å². The molecule has 0 unspecified atom stereocenters. The molecule has 4 rings (SSSR count). The third-order valence-corrected chi connectivity index (χ3v) is 8.53. The van der Waals surface area contributed by atoms with Gasteiger partial charge in [-0.15, -0.1) is 11.8 Å². The molecule has 0 bridgehead atoms. The molecule has 2 heterocycles. The number of nitrogens with one attached hydrogen (secondary N) is 2. The average molecular weight is 474 g/mol. The van der Waals surface area contributed by atoms with Crippen molar-refractivity contribution in [1.29, 1.82) is 0 Å². The van der Waals surface area contributed by atoms with Crippen molar-refractivity contribution in [2.75, 3.05) is 18.4 Å². The molecule has 0 saturated carbocycles. The van der Waals surface area contributed by atoms with Crippen LogP contribution >= 0.6 is 11.8 Å². The molecule has 0 radical (unpaired) electrons. The Morgan fingerprint density at radius 3 is 2.66 bits per heavy atom. The Morgan fingerprint density at radius 1 is 1.19 bits per heavy atom. The maximum Gasteiger partial charge on any atom is 0.247 e. The normalized spacial score (nSPS) is 19.4. The van der Waals surface area contributed by atoms with E-state index >= 15 is 0 Å². The standard InChI is InChI=1S/C23H27N3O4S2/c1-15-8-10-26(11-9-15)23(28)21-22(27)25-19-13-18(6-7-20(19)31-21)32(29,30)24-14-17-5-3-4-16(2)12-17/h3-7,12-13,15,21,24H,8-11,14H2,1-2H3,(H,25,27)/t21-/m1/s1. The third-order valence-electron chi connectivity index (χ3n) is 5.87. The second-order valence-corrected chi connectivity index (χ2v) is 11.4. The topological polar surface area (TPSA) is 95.6 Å². The van der Waals surface area contributed by atoms with Gasteiger partial charge in [0.2, 0.25) is 21.8 Å². The van der Waals surface area contributed by atoms with Gasteiger partial charge in [-0.25, -0.2) is 13.1 Å². The van der Waals surface area contributed by atoms with Gasteiger partial charge in [0.1, 0.15) is 0 Å². The Hall–Kier alpha value is -2.36. The summed E-state index contributed by atoms with van der Waals surface area (Å²) < 4.78 is 28.1. The van der Waals surface area contributed by atoms with Crippen LogP contribution in [-0.2, 0) is 26.2 Å². The van der Waals surface area contributed by atoms with E-state index in [4.69, 9.17) is 0 Å². The Labute approximate surface area is 193 Å². The Kier molecular flexibility index (Phi) is 6.60. The summed E-state index contributed by atoms with van der Waals surface area (Å²) in [5, 5.41) is 1.88. The van der Waals surface area contributed by atoms with Crippen molar-refractivity contribution >= 4 is 39.3 Å². The van der Waals surface area contributed by atoms with Gasteiger partial charge in [-0.3, -0.25) is 9.59 Å². The van der Waals surface area contributed by atoms with Crippen LogP contribution in [0.15, 0.2) is 52.3 Å². The molecule has 2 aromatic rings. The molecule has 9 heteroatoms. The van der Waals surface area contributed by atoms with Crippen molar-refractivity contribution in [3.63, 3.8) is 0 Å². The molecule has 2 aliphatic heterocycles. The summed E-state index contributed by atoms with van der Waals surface area (Å²) >= 11 is 1.18. The summed E-state index contributed by atoms with van der Waals surface area (Å²) in [5.41, 5.74) is 2.33. The van der Waals surface area contributed by atoms with Crippen molar-refractivity contribution in [2.45, 2.75) is 48.3 Å². The van der Waals surface area contributed by atoms with Gasteiger partial charge in [-0.1, -0.05) is 36.8 Å². The fourth-order valence-electron chi connectivity index (χ4n) is 3.90. The van der Waals surface area contributed by atoms with Crippen LogP contribution in [-0.4, -0.2) is 43.5 Å². The Balaban J connectivity index is 1.46. The van der Waals surface area contributed by atoms with Gasteiger partial charge in [-0.05, 0) is 49.4 Å². The van der Waals surface area contributed by atoms with E-state index in [0.29, 0.717) is 29.6 Å². The number of benzene rings is 2. The second kappa shape index (κ2) is 9.25. The largest absolute Gasteiger partial charge is 0.341 e. The number of likely N-dealkylation sites (tertiary alicyclic amines) is 1. The van der Waals surface area contributed by atoms with Gasteiger partial charge in [0.05, 0.1) is 10.6 Å². The number of rotatable bonds is 5. The van der Waals surface area contributed by atoms with Crippen molar-refractivity contribution in [2.24, 2.45) is 5.92 Å². The van der Waals surface area contributed by atoms with E-state index < -0.39 is 21.2 Å². The lowest BCUT2D eigenvalue weighted by Crippen LogP contribution is -2.47. The molecule has 1 atom stereocenters. The summed E-state index contributed by atoms with van der Waals surface area (Å²) in [7, 11) is -3.76. The number of anilines is 1. The first-order chi connectivity index (χ1) is 15.2. The van der Waals surface area contributed by atoms with E-state index in [-0.39, 0.29) is 17.3 Å². The zero-order chi connectivity index (χ0) is 22.9. The van der Waals surface area contributed by atoms with Crippen LogP contribution in [0.4, 0.5) is 5.69 Å². The van der Waals surface area contributed by atoms with E-state index in [2.05, 4.69) is 17.0 Å². The summed E-state index contributed by atoms with van der Waals surface area (Å²) in [5.74, 6) is 0.00228. The van der Waals surface area contributed by atoms with Gasteiger partial charge in [0.15, 0.2) is 5.25 Å². The number of hydrogen-bond donors (Lipinski definition) is 2. The number of nitrogens with zero attached hydrogens (tertiary/aromatic N) is 1. The highest BCUT2D eigenvalue weighted by atomic mass is 32.2. The summed E-state index contributed by atoms with van der Waals surface area (Å²) in [6.07, 6.45) is 1.89. The zero-order valence-electron chi connectivity index (χ0n) is 18.1. The number of carbonyl (C=O) groups excluding carboxylic acids is 2. The second-order valence-electron chi connectivity index (χ2n) is 8.47. The minimum Gasteiger partial charge on any atom is -0.341 e. The number of fused-ring (bicyclic) bond motifs is 1. The SMILES string of the molecule is Cc1cccc(CNS(=O)(=O)c2ccc3c(c2)NC(=O)[C@H](C(=O)N2CCC(C)CC2)S3)c1. The first-order valence-corrected chi connectivity index (χ1v) is 13.0. The van der Waals surface area contributed by atoms with Gasteiger partial charge >= 0.3 is 0 Å². The smallest absolute Gasteiger partial charge is 0.247 e. The highest BCUT2D eigenvalue weighted by Crippen LogP contribution is 2.38. The van der Waals surface area contributed by atoms with Gasteiger partial charge < -0.3 is 10.2 Å². The highest BCUT2D eigenvalue weighted by molar-refractivity contribution is 8.01. The summed E-state index contributed by atoms with van der Waals surface area (Å²) in [6, 6.07) is 12.2. The summed E-state index contributed by atoms with van der Waals surface area (Å²) in [6.45, 7) is 5.63. The predicted octanol–water partition coefficient (Wildman–Crippen LogP) is 3.14. The number of amides is 2. The molecule has 2 N–H and O–H groups in total. The van der Waals surface area contributed by atoms with Crippen LogP contribution in [0.25, 0.3) is 0 Å². The fraction of sp³-hybridized carbons (Fsp3) is 0.391. The maximum atomic E-state index is 12.9. The molecule has 0 aliphatic carbocycles. The highest BCUT2D eigenvalue weighted by Gasteiger charge is 2.37. The molecule has 2 aromatic carbocycles. The van der Waals surface area contributed by atoms with E-state index in [1.807, 2.05) is 31.2 Å². The van der Waals surface area contributed by atoms with Crippen LogP contribution in [0, 0.1) is 12.8 Å². The van der Waals surface area contributed by atoms with Crippen molar-refractivity contribution in [3.05, 3.63) is 53.6 Å². The molecule has 2 amide bonds. The quantitative estimate of drug-likeness (QED) is 0.651. The minimum atomic E-state index is -3.76. The molecule has 0 aromatic heterocycles. The molecular weight excluding hydrogens is 446 g/mol. The molecular formula is C23H27N3O4S2. The Bertz CT molecular complexity index is 1140. The van der Waals surface area contributed by atoms with Crippen LogP contribution in [0.3, 0.4) is 0 Å². The fourth-order valence-corrected chi connectivity index (χ4v) is 5.99. The number of carbonyl (C=O) groups is 2. The van der Waals surface area contributed by atoms with Gasteiger partial charge in [-0.2, -0.15) is 0 Å². The van der Waals surface area contributed by atoms with E-state index in [1.54, 1.807) is 11.0 Å². The van der Waals surface area contributed by atoms with E-state index in [9.17, 15) is 18.0 Å². The molecule has 0 spiro atoms. The van der Waals surface area contributed by atoms with Crippen molar-refractivity contribution < 1.29 is 18.0 Å².